The zero-order chi connectivity index (χ0) is 15.6. The summed E-state index contributed by atoms with van der Waals surface area (Å²) >= 11 is 0. The Balaban J connectivity index is 2.47. The predicted molar refractivity (Wildman–Crippen MR) is 84.0 cm³/mol. The van der Waals surface area contributed by atoms with Gasteiger partial charge in [0.25, 0.3) is 0 Å². The number of morpholine rings is 1. The molecule has 2 N–H and O–H groups in total. The van der Waals surface area contributed by atoms with Crippen molar-refractivity contribution in [3.05, 3.63) is 18.2 Å². The van der Waals surface area contributed by atoms with Crippen LogP contribution >= 0.6 is 0 Å². The smallest absolute Gasteiger partial charge is 0.244 e. The van der Waals surface area contributed by atoms with Gasteiger partial charge in [-0.25, -0.2) is 12.7 Å². The molecule has 0 saturated carbocycles. The molecule has 1 atom stereocenters. The van der Waals surface area contributed by atoms with Crippen LogP contribution in [0.5, 0.6) is 0 Å². The van der Waals surface area contributed by atoms with Gasteiger partial charge in [-0.3, -0.25) is 0 Å². The van der Waals surface area contributed by atoms with E-state index < -0.39 is 10.0 Å². The fraction of sp³-hybridized carbons (Fsp3) is 0.571. The lowest BCUT2D eigenvalue weighted by atomic mass is 10.1. The average Bonchev–Trinajstić information content (AvgIpc) is 2.47. The highest BCUT2D eigenvalue weighted by molar-refractivity contribution is 7.89. The summed E-state index contributed by atoms with van der Waals surface area (Å²) in [5.41, 5.74) is 7.25. The molecule has 0 aliphatic carbocycles. The molecule has 1 aromatic rings. The predicted octanol–water partition coefficient (Wildman–Crippen LogP) is 1.13. The molecule has 1 fully saturated rings. The first-order valence-electron chi connectivity index (χ1n) is 7.05. The van der Waals surface area contributed by atoms with Crippen molar-refractivity contribution >= 4 is 21.4 Å². The topological polar surface area (TPSA) is 75.9 Å². The molecule has 1 unspecified atom stereocenters. The van der Waals surface area contributed by atoms with Crippen LogP contribution in [-0.2, 0) is 14.8 Å². The third-order valence-corrected chi connectivity index (χ3v) is 5.68. The summed E-state index contributed by atoms with van der Waals surface area (Å²) in [4.78, 5) is 2.30. The van der Waals surface area contributed by atoms with Crippen LogP contribution in [-0.4, -0.2) is 52.6 Å². The molecule has 0 spiro atoms. The van der Waals surface area contributed by atoms with Crippen molar-refractivity contribution in [1.29, 1.82) is 0 Å². The molecular weight excluding hydrogens is 290 g/mol. The van der Waals surface area contributed by atoms with Crippen LogP contribution in [0.25, 0.3) is 0 Å². The van der Waals surface area contributed by atoms with Gasteiger partial charge in [-0.1, -0.05) is 13.0 Å². The van der Waals surface area contributed by atoms with Crippen molar-refractivity contribution in [3.63, 3.8) is 0 Å². The van der Waals surface area contributed by atoms with E-state index in [2.05, 4.69) is 11.8 Å². The lowest BCUT2D eigenvalue weighted by Gasteiger charge is -2.37. The summed E-state index contributed by atoms with van der Waals surface area (Å²) in [6.45, 7) is 4.07. The fourth-order valence-electron chi connectivity index (χ4n) is 2.51. The second kappa shape index (κ2) is 6.21. The molecule has 6 nitrogen and oxygen atoms in total. The largest absolute Gasteiger partial charge is 0.396 e. The van der Waals surface area contributed by atoms with Gasteiger partial charge in [0.2, 0.25) is 10.0 Å². The van der Waals surface area contributed by atoms with E-state index in [4.69, 9.17) is 10.5 Å². The fourth-order valence-corrected chi connectivity index (χ4v) is 3.54. The van der Waals surface area contributed by atoms with Crippen molar-refractivity contribution in [2.75, 3.05) is 44.5 Å². The summed E-state index contributed by atoms with van der Waals surface area (Å²) in [5, 5.41) is 0. The van der Waals surface area contributed by atoms with Crippen LogP contribution in [0.1, 0.15) is 13.3 Å². The zero-order valence-electron chi connectivity index (χ0n) is 12.7. The van der Waals surface area contributed by atoms with Crippen LogP contribution in [0.3, 0.4) is 0 Å². The van der Waals surface area contributed by atoms with E-state index in [0.717, 1.165) is 12.1 Å². The highest BCUT2D eigenvalue weighted by Gasteiger charge is 2.27. The maximum Gasteiger partial charge on any atom is 0.244 e. The van der Waals surface area contributed by atoms with Crippen LogP contribution < -0.4 is 10.6 Å². The van der Waals surface area contributed by atoms with Gasteiger partial charge in [0.15, 0.2) is 0 Å². The van der Waals surface area contributed by atoms with Crippen LogP contribution in [0.15, 0.2) is 23.1 Å². The third kappa shape index (κ3) is 3.00. The molecule has 2 rings (SSSR count). The van der Waals surface area contributed by atoms with E-state index in [1.165, 1.54) is 18.4 Å². The lowest BCUT2D eigenvalue weighted by Crippen LogP contribution is -2.45. The minimum absolute atomic E-state index is 0.159. The quantitative estimate of drug-likeness (QED) is 0.844. The molecule has 0 aromatic heterocycles. The Bertz CT molecular complexity index is 601. The number of para-hydroxylation sites is 1. The maximum atomic E-state index is 12.3. The first-order valence-corrected chi connectivity index (χ1v) is 8.49. The molecule has 0 radical (unpaired) electrons. The first kappa shape index (κ1) is 16.1. The highest BCUT2D eigenvalue weighted by Crippen LogP contribution is 2.33. The van der Waals surface area contributed by atoms with Gasteiger partial charge in [0.1, 0.15) is 4.90 Å². The van der Waals surface area contributed by atoms with Gasteiger partial charge in [0.05, 0.1) is 30.6 Å². The normalized spacial score (nSPS) is 20.0. The molecule has 0 bridgehead atoms. The number of hydrogen-bond acceptors (Lipinski definition) is 5. The summed E-state index contributed by atoms with van der Waals surface area (Å²) in [6, 6.07) is 5.39. The molecule has 1 heterocycles. The van der Waals surface area contributed by atoms with Crippen molar-refractivity contribution in [2.45, 2.75) is 24.3 Å². The van der Waals surface area contributed by atoms with Gasteiger partial charge in [-0.2, -0.15) is 0 Å². The Morgan fingerprint density at radius 2 is 2.14 bits per heavy atom. The van der Waals surface area contributed by atoms with Crippen molar-refractivity contribution in [3.8, 4) is 0 Å². The van der Waals surface area contributed by atoms with Gasteiger partial charge in [-0.05, 0) is 18.6 Å². The minimum Gasteiger partial charge on any atom is -0.396 e. The molecule has 1 aliphatic heterocycles. The maximum absolute atomic E-state index is 12.3. The number of nitrogens with two attached hydrogens (primary N) is 1. The molecule has 1 aromatic carbocycles. The van der Waals surface area contributed by atoms with Crippen LogP contribution in [0, 0.1) is 0 Å². The zero-order valence-corrected chi connectivity index (χ0v) is 13.6. The minimum atomic E-state index is -3.54. The monoisotopic (exact) mass is 313 g/mol. The average molecular weight is 313 g/mol. The number of hydrogen-bond donors (Lipinski definition) is 1. The highest BCUT2D eigenvalue weighted by atomic mass is 32.2. The second-order valence-corrected chi connectivity index (χ2v) is 7.43. The molecule has 7 heteroatoms. The van der Waals surface area contributed by atoms with E-state index in [1.54, 1.807) is 12.1 Å². The van der Waals surface area contributed by atoms with Gasteiger partial charge < -0.3 is 15.4 Å². The van der Waals surface area contributed by atoms with Crippen molar-refractivity contribution in [1.82, 2.24) is 4.31 Å². The van der Waals surface area contributed by atoms with Crippen molar-refractivity contribution in [2.24, 2.45) is 0 Å². The molecule has 21 heavy (non-hydrogen) atoms. The SMILES string of the molecule is CCC1COCCN1c1cccc(S(=O)(=O)N(C)C)c1N. The number of sulfonamides is 1. The van der Waals surface area contributed by atoms with E-state index in [9.17, 15) is 8.42 Å². The van der Waals surface area contributed by atoms with E-state index in [0.29, 0.717) is 25.4 Å². The number of ether oxygens (including phenoxy) is 1. The summed E-state index contributed by atoms with van der Waals surface area (Å²) in [5.74, 6) is 0. The van der Waals surface area contributed by atoms with E-state index >= 15 is 0 Å². The van der Waals surface area contributed by atoms with Gasteiger partial charge in [0, 0.05) is 20.6 Å². The number of anilines is 2. The number of rotatable bonds is 4. The molecule has 1 aliphatic rings. The Hall–Kier alpha value is -1.31. The Kier molecular flexibility index (Phi) is 4.75. The number of nitrogens with zero attached hydrogens (tertiary/aromatic N) is 2. The Morgan fingerprint density at radius 3 is 2.76 bits per heavy atom. The standard InChI is InChI=1S/C14H23N3O3S/c1-4-11-10-20-9-8-17(11)12-6-5-7-13(14(12)15)21(18,19)16(2)3/h5-7,11H,4,8-10,15H2,1-3H3. The molecule has 1 saturated heterocycles. The van der Waals surface area contributed by atoms with Gasteiger partial charge >= 0.3 is 0 Å². The third-order valence-electron chi connectivity index (χ3n) is 3.81. The lowest BCUT2D eigenvalue weighted by molar-refractivity contribution is 0.0930. The van der Waals surface area contributed by atoms with Crippen LogP contribution in [0.4, 0.5) is 11.4 Å². The molecule has 0 amide bonds. The molecular formula is C14H23N3O3S. The number of nitrogen functional groups attached to an aromatic ring is 1. The summed E-state index contributed by atoms with van der Waals surface area (Å²) < 4.78 is 31.4. The second-order valence-electron chi connectivity index (χ2n) is 5.31. The Labute approximate surface area is 126 Å². The number of benzene rings is 1. The van der Waals surface area contributed by atoms with Crippen LogP contribution in [0.2, 0.25) is 0 Å². The van der Waals surface area contributed by atoms with Crippen molar-refractivity contribution < 1.29 is 13.2 Å². The van der Waals surface area contributed by atoms with E-state index in [-0.39, 0.29) is 10.9 Å². The van der Waals surface area contributed by atoms with E-state index in [1.807, 2.05) is 6.07 Å². The summed E-state index contributed by atoms with van der Waals surface area (Å²) in [7, 11) is -0.533. The molecule has 118 valence electrons. The van der Waals surface area contributed by atoms with Gasteiger partial charge in [-0.15, -0.1) is 0 Å². The first-order chi connectivity index (χ1) is 9.89. The Morgan fingerprint density at radius 1 is 1.43 bits per heavy atom. The summed E-state index contributed by atoms with van der Waals surface area (Å²) in [6.07, 6.45) is 0.921.